The molecule has 0 fully saturated rings. The molecule has 0 saturated heterocycles. The fraction of sp³-hybridized carbons (Fsp3) is 0.467. The third-order valence-corrected chi connectivity index (χ3v) is 3.63. The molecule has 5 nitrogen and oxygen atoms in total. The van der Waals surface area contributed by atoms with E-state index in [9.17, 15) is 9.59 Å². The van der Waals surface area contributed by atoms with Crippen LogP contribution in [-0.2, 0) is 9.59 Å². The van der Waals surface area contributed by atoms with Crippen LogP contribution < -0.4 is 5.32 Å². The second-order valence-electron chi connectivity index (χ2n) is 5.06. The lowest BCUT2D eigenvalue weighted by atomic mass is 10.1. The molecule has 122 valence electrons. The van der Waals surface area contributed by atoms with Crippen molar-refractivity contribution in [3.63, 3.8) is 0 Å². The molecule has 7 heteroatoms. The number of carbonyl (C=O) groups excluding carboxylic acids is 1. The maximum atomic E-state index is 12.1. The van der Waals surface area contributed by atoms with Crippen molar-refractivity contribution in [1.29, 1.82) is 0 Å². The molecular weight excluding hydrogens is 327 g/mol. The maximum Gasteiger partial charge on any atom is 0.317 e. The number of halogens is 2. The zero-order valence-electron chi connectivity index (χ0n) is 12.6. The van der Waals surface area contributed by atoms with Gasteiger partial charge in [0.15, 0.2) is 0 Å². The Morgan fingerprint density at radius 3 is 2.55 bits per heavy atom. The number of hydrogen-bond acceptors (Lipinski definition) is 3. The highest BCUT2D eigenvalue weighted by molar-refractivity contribution is 6.35. The second kappa shape index (κ2) is 8.98. The van der Waals surface area contributed by atoms with E-state index >= 15 is 0 Å². The van der Waals surface area contributed by atoms with Crippen molar-refractivity contribution in [3.8, 4) is 0 Å². The Labute approximate surface area is 140 Å². The summed E-state index contributed by atoms with van der Waals surface area (Å²) in [7, 11) is 0. The summed E-state index contributed by atoms with van der Waals surface area (Å²) in [5, 5.41) is 12.7. The molecule has 1 aromatic carbocycles. The van der Waals surface area contributed by atoms with Gasteiger partial charge in [0.1, 0.15) is 0 Å². The normalized spacial score (nSPS) is 12.2. The van der Waals surface area contributed by atoms with Crippen LogP contribution in [0.2, 0.25) is 10.0 Å². The summed E-state index contributed by atoms with van der Waals surface area (Å²) in [4.78, 5) is 24.4. The topological polar surface area (TPSA) is 69.6 Å². The van der Waals surface area contributed by atoms with Crippen LogP contribution in [0.5, 0.6) is 0 Å². The number of carbonyl (C=O) groups is 2. The number of amides is 1. The van der Waals surface area contributed by atoms with Crippen LogP contribution in [0.15, 0.2) is 18.2 Å². The van der Waals surface area contributed by atoms with Gasteiger partial charge < -0.3 is 10.4 Å². The Kier molecular flexibility index (Phi) is 7.65. The Hall–Kier alpha value is -1.30. The minimum Gasteiger partial charge on any atom is -0.480 e. The predicted molar refractivity (Wildman–Crippen MR) is 87.4 cm³/mol. The number of hydrogen-bond donors (Lipinski definition) is 2. The molecule has 2 N–H and O–H groups in total. The van der Waals surface area contributed by atoms with Crippen molar-refractivity contribution in [2.45, 2.75) is 26.3 Å². The molecule has 22 heavy (non-hydrogen) atoms. The van der Waals surface area contributed by atoms with E-state index in [0.717, 1.165) is 12.0 Å². The second-order valence-corrected chi connectivity index (χ2v) is 5.90. The molecule has 0 spiro atoms. The van der Waals surface area contributed by atoms with E-state index in [-0.39, 0.29) is 25.0 Å². The van der Waals surface area contributed by atoms with Crippen molar-refractivity contribution in [2.24, 2.45) is 0 Å². The van der Waals surface area contributed by atoms with Crippen LogP contribution in [0, 0.1) is 0 Å². The lowest BCUT2D eigenvalue weighted by Gasteiger charge is -2.21. The largest absolute Gasteiger partial charge is 0.480 e. The van der Waals surface area contributed by atoms with Crippen LogP contribution >= 0.6 is 23.2 Å². The van der Waals surface area contributed by atoms with Crippen molar-refractivity contribution in [3.05, 3.63) is 33.8 Å². The van der Waals surface area contributed by atoms with Gasteiger partial charge in [-0.15, -0.1) is 0 Å². The lowest BCUT2D eigenvalue weighted by molar-refractivity contribution is -0.138. The molecule has 0 aliphatic heterocycles. The molecule has 1 aromatic rings. The van der Waals surface area contributed by atoms with Gasteiger partial charge in [-0.1, -0.05) is 36.2 Å². The minimum absolute atomic E-state index is 0.0374. The molecule has 0 bridgehead atoms. The molecule has 1 rings (SSSR count). The van der Waals surface area contributed by atoms with Crippen molar-refractivity contribution >= 4 is 35.1 Å². The van der Waals surface area contributed by atoms with Gasteiger partial charge in [-0.05, 0) is 37.6 Å². The van der Waals surface area contributed by atoms with Crippen LogP contribution in [-0.4, -0.2) is 41.5 Å². The monoisotopic (exact) mass is 346 g/mol. The van der Waals surface area contributed by atoms with E-state index in [1.54, 1.807) is 23.1 Å². The van der Waals surface area contributed by atoms with E-state index in [4.69, 9.17) is 28.3 Å². The molecule has 1 amide bonds. The van der Waals surface area contributed by atoms with Crippen molar-refractivity contribution < 1.29 is 14.7 Å². The zero-order valence-corrected chi connectivity index (χ0v) is 14.1. The van der Waals surface area contributed by atoms with Gasteiger partial charge in [-0.3, -0.25) is 14.5 Å². The van der Waals surface area contributed by atoms with Crippen LogP contribution in [0.3, 0.4) is 0 Å². The molecule has 0 aromatic heterocycles. The Morgan fingerprint density at radius 1 is 1.32 bits per heavy atom. The summed E-state index contributed by atoms with van der Waals surface area (Å²) in [5.41, 5.74) is 0.764. The van der Waals surface area contributed by atoms with Crippen LogP contribution in [0.25, 0.3) is 0 Å². The third kappa shape index (κ3) is 6.22. The van der Waals surface area contributed by atoms with E-state index in [2.05, 4.69) is 5.32 Å². The molecule has 0 saturated carbocycles. The number of nitrogens with zero attached hydrogens (tertiary/aromatic N) is 1. The number of benzene rings is 1. The van der Waals surface area contributed by atoms with Crippen molar-refractivity contribution in [2.75, 3.05) is 19.6 Å². The lowest BCUT2D eigenvalue weighted by Crippen LogP contribution is -2.40. The molecule has 0 aliphatic rings. The number of rotatable bonds is 8. The minimum atomic E-state index is -0.949. The average molecular weight is 347 g/mol. The fourth-order valence-electron chi connectivity index (χ4n) is 2.14. The van der Waals surface area contributed by atoms with Crippen molar-refractivity contribution in [1.82, 2.24) is 10.2 Å². The number of carboxylic acid groups (broad SMARTS) is 1. The third-order valence-electron chi connectivity index (χ3n) is 3.07. The molecule has 0 heterocycles. The number of aliphatic carboxylic acids is 1. The van der Waals surface area contributed by atoms with E-state index < -0.39 is 5.97 Å². The quantitative estimate of drug-likeness (QED) is 0.759. The summed E-state index contributed by atoms with van der Waals surface area (Å²) in [5.74, 6) is -1.19. The maximum absolute atomic E-state index is 12.1. The van der Waals surface area contributed by atoms with Gasteiger partial charge in [0, 0.05) is 10.0 Å². The SMILES string of the molecule is CCCN(CC(=O)O)CC(=O)NC(C)c1ccc(Cl)cc1Cl. The highest BCUT2D eigenvalue weighted by Crippen LogP contribution is 2.25. The predicted octanol–water partition coefficient (Wildman–Crippen LogP) is 2.97. The molecule has 1 unspecified atom stereocenters. The molecule has 0 aliphatic carbocycles. The summed E-state index contributed by atoms with van der Waals surface area (Å²) < 4.78 is 0. The Balaban J connectivity index is 2.64. The summed E-state index contributed by atoms with van der Waals surface area (Å²) in [6.45, 7) is 4.18. The van der Waals surface area contributed by atoms with Crippen LogP contribution in [0.4, 0.5) is 0 Å². The average Bonchev–Trinajstić information content (AvgIpc) is 2.37. The summed E-state index contributed by atoms with van der Waals surface area (Å²) in [6.07, 6.45) is 0.777. The highest BCUT2D eigenvalue weighted by Gasteiger charge is 2.17. The molecular formula is C15H20Cl2N2O3. The smallest absolute Gasteiger partial charge is 0.317 e. The first-order valence-electron chi connectivity index (χ1n) is 7.02. The first-order chi connectivity index (χ1) is 10.3. The molecule has 1 atom stereocenters. The molecule has 0 radical (unpaired) electrons. The summed E-state index contributed by atoms with van der Waals surface area (Å²) >= 11 is 12.0. The van der Waals surface area contributed by atoms with E-state index in [0.29, 0.717) is 16.6 Å². The number of nitrogens with one attached hydrogen (secondary N) is 1. The van der Waals surface area contributed by atoms with Gasteiger partial charge in [-0.25, -0.2) is 0 Å². The van der Waals surface area contributed by atoms with E-state index in [1.165, 1.54) is 0 Å². The first kappa shape index (κ1) is 18.7. The Bertz CT molecular complexity index is 538. The van der Waals surface area contributed by atoms with Gasteiger partial charge >= 0.3 is 5.97 Å². The summed E-state index contributed by atoms with van der Waals surface area (Å²) in [6, 6.07) is 4.80. The first-order valence-corrected chi connectivity index (χ1v) is 7.77. The highest BCUT2D eigenvalue weighted by atomic mass is 35.5. The zero-order chi connectivity index (χ0) is 16.7. The standard InChI is InChI=1S/C15H20Cl2N2O3/c1-3-6-19(9-15(21)22)8-14(20)18-10(2)12-5-4-11(16)7-13(12)17/h4-5,7,10H,3,6,8-9H2,1-2H3,(H,18,20)(H,21,22). The number of carboxylic acids is 1. The van der Waals surface area contributed by atoms with Gasteiger partial charge in [0.2, 0.25) is 5.91 Å². The van der Waals surface area contributed by atoms with Crippen LogP contribution in [0.1, 0.15) is 31.9 Å². The van der Waals surface area contributed by atoms with Gasteiger partial charge in [0.25, 0.3) is 0 Å². The fourth-order valence-corrected chi connectivity index (χ4v) is 2.71. The van der Waals surface area contributed by atoms with Gasteiger partial charge in [0.05, 0.1) is 19.1 Å². The van der Waals surface area contributed by atoms with Gasteiger partial charge in [-0.2, -0.15) is 0 Å². The van der Waals surface area contributed by atoms with E-state index in [1.807, 2.05) is 13.8 Å². The Morgan fingerprint density at radius 2 is 2.00 bits per heavy atom.